The fraction of sp³-hybridized carbons (Fsp3) is 0.391. The molecule has 154 valence electrons. The Morgan fingerprint density at radius 1 is 1.03 bits per heavy atom. The van der Waals surface area contributed by atoms with Crippen molar-refractivity contribution in [2.75, 3.05) is 31.1 Å². The average molecular weight is 396 g/mol. The normalized spacial score (nSPS) is 14.3. The lowest BCUT2D eigenvalue weighted by atomic mass is 10.1. The summed E-state index contributed by atoms with van der Waals surface area (Å²) in [7, 11) is 0. The van der Waals surface area contributed by atoms with Crippen molar-refractivity contribution in [3.63, 3.8) is 0 Å². The molecule has 29 heavy (non-hydrogen) atoms. The molecule has 3 rings (SSSR count). The largest absolute Gasteiger partial charge is 0.450 e. The van der Waals surface area contributed by atoms with Crippen LogP contribution in [0.3, 0.4) is 0 Å². The quantitative estimate of drug-likeness (QED) is 0.780. The van der Waals surface area contributed by atoms with Gasteiger partial charge in [-0.1, -0.05) is 48.5 Å². The van der Waals surface area contributed by atoms with Crippen molar-refractivity contribution >= 4 is 17.7 Å². The van der Waals surface area contributed by atoms with Crippen LogP contribution >= 0.6 is 0 Å². The maximum absolute atomic E-state index is 12.7. The number of nitrogens with one attached hydrogen (secondary N) is 1. The topological polar surface area (TPSA) is 61.9 Å². The predicted molar refractivity (Wildman–Crippen MR) is 114 cm³/mol. The van der Waals surface area contributed by atoms with Crippen LogP contribution in [0.5, 0.6) is 0 Å². The summed E-state index contributed by atoms with van der Waals surface area (Å²) >= 11 is 0. The molecule has 1 N–H and O–H groups in total. The van der Waals surface area contributed by atoms with Crippen molar-refractivity contribution < 1.29 is 14.3 Å². The minimum Gasteiger partial charge on any atom is -0.450 e. The van der Waals surface area contributed by atoms with Crippen LogP contribution in [0.2, 0.25) is 0 Å². The standard InChI is InChI=1S/C23H29N3O3/c1-2-29-23(28)25-15-13-20(14-16-25)24-22(27)18-26(21-11-7-4-8-12-21)17-19-9-5-3-6-10-19/h3-12,20H,2,13-18H2,1H3,(H,24,27). The number of anilines is 1. The monoisotopic (exact) mass is 395 g/mol. The summed E-state index contributed by atoms with van der Waals surface area (Å²) in [5.41, 5.74) is 2.18. The summed E-state index contributed by atoms with van der Waals surface area (Å²) in [6, 6.07) is 20.2. The molecule has 0 aliphatic carbocycles. The van der Waals surface area contributed by atoms with Crippen molar-refractivity contribution in [2.24, 2.45) is 0 Å². The van der Waals surface area contributed by atoms with Gasteiger partial charge in [0, 0.05) is 31.4 Å². The Labute approximate surface area is 172 Å². The number of nitrogens with zero attached hydrogens (tertiary/aromatic N) is 2. The Morgan fingerprint density at radius 2 is 1.66 bits per heavy atom. The van der Waals surface area contributed by atoms with E-state index in [-0.39, 0.29) is 24.6 Å². The van der Waals surface area contributed by atoms with Gasteiger partial charge in [0.2, 0.25) is 5.91 Å². The first-order valence-electron chi connectivity index (χ1n) is 10.2. The number of piperidine rings is 1. The predicted octanol–water partition coefficient (Wildman–Crippen LogP) is 3.43. The molecule has 0 spiro atoms. The van der Waals surface area contributed by atoms with E-state index in [9.17, 15) is 9.59 Å². The molecule has 1 saturated heterocycles. The van der Waals surface area contributed by atoms with E-state index in [1.54, 1.807) is 11.8 Å². The molecular weight excluding hydrogens is 366 g/mol. The summed E-state index contributed by atoms with van der Waals surface area (Å²) in [6.45, 7) is 4.36. The third-order valence-corrected chi connectivity index (χ3v) is 5.06. The third kappa shape index (κ3) is 6.24. The van der Waals surface area contributed by atoms with E-state index in [0.717, 1.165) is 24.1 Å². The Hall–Kier alpha value is -3.02. The first-order chi connectivity index (χ1) is 14.2. The highest BCUT2D eigenvalue weighted by atomic mass is 16.6. The van der Waals surface area contributed by atoms with Crippen LogP contribution in [0.15, 0.2) is 60.7 Å². The van der Waals surface area contributed by atoms with Crippen LogP contribution in [-0.2, 0) is 16.1 Å². The lowest BCUT2D eigenvalue weighted by molar-refractivity contribution is -0.120. The van der Waals surface area contributed by atoms with Crippen LogP contribution < -0.4 is 10.2 Å². The van der Waals surface area contributed by atoms with E-state index >= 15 is 0 Å². The number of hydrogen-bond donors (Lipinski definition) is 1. The van der Waals surface area contributed by atoms with E-state index in [0.29, 0.717) is 26.2 Å². The van der Waals surface area contributed by atoms with E-state index < -0.39 is 0 Å². The smallest absolute Gasteiger partial charge is 0.409 e. The highest BCUT2D eigenvalue weighted by Gasteiger charge is 2.25. The average Bonchev–Trinajstić information content (AvgIpc) is 2.75. The number of hydrogen-bond acceptors (Lipinski definition) is 4. The van der Waals surface area contributed by atoms with E-state index in [4.69, 9.17) is 4.74 Å². The molecule has 0 unspecified atom stereocenters. The van der Waals surface area contributed by atoms with Crippen molar-refractivity contribution in [3.05, 3.63) is 66.2 Å². The Morgan fingerprint density at radius 3 is 2.28 bits per heavy atom. The molecular formula is C23H29N3O3. The summed E-state index contributed by atoms with van der Waals surface area (Å²) in [6.07, 6.45) is 1.22. The fourth-order valence-electron chi connectivity index (χ4n) is 3.55. The number of likely N-dealkylation sites (tertiary alicyclic amines) is 1. The van der Waals surface area contributed by atoms with Gasteiger partial charge in [0.05, 0.1) is 13.2 Å². The van der Waals surface area contributed by atoms with Gasteiger partial charge in [-0.3, -0.25) is 4.79 Å². The van der Waals surface area contributed by atoms with Crippen LogP contribution in [-0.4, -0.2) is 49.2 Å². The maximum Gasteiger partial charge on any atom is 0.409 e. The van der Waals surface area contributed by atoms with Gasteiger partial charge < -0.3 is 19.9 Å². The summed E-state index contributed by atoms with van der Waals surface area (Å²) < 4.78 is 5.05. The minimum absolute atomic E-state index is 0.000584. The summed E-state index contributed by atoms with van der Waals surface area (Å²) in [5.74, 6) is -0.000584. The van der Waals surface area contributed by atoms with Crippen LogP contribution in [0.1, 0.15) is 25.3 Å². The second-order valence-electron chi connectivity index (χ2n) is 7.20. The van der Waals surface area contributed by atoms with Crippen LogP contribution in [0.25, 0.3) is 0 Å². The third-order valence-electron chi connectivity index (χ3n) is 5.06. The zero-order valence-corrected chi connectivity index (χ0v) is 16.9. The molecule has 6 heteroatoms. The van der Waals surface area contributed by atoms with Crippen molar-refractivity contribution in [1.82, 2.24) is 10.2 Å². The van der Waals surface area contributed by atoms with Crippen molar-refractivity contribution in [1.29, 1.82) is 0 Å². The van der Waals surface area contributed by atoms with Gasteiger partial charge in [-0.25, -0.2) is 4.79 Å². The zero-order chi connectivity index (χ0) is 20.5. The zero-order valence-electron chi connectivity index (χ0n) is 16.9. The van der Waals surface area contributed by atoms with Crippen LogP contribution in [0, 0.1) is 0 Å². The first-order valence-corrected chi connectivity index (χ1v) is 10.2. The number of carbonyl (C=O) groups is 2. The molecule has 1 aliphatic rings. The molecule has 1 fully saturated rings. The lowest BCUT2D eigenvalue weighted by Gasteiger charge is -2.32. The van der Waals surface area contributed by atoms with Crippen molar-refractivity contribution in [2.45, 2.75) is 32.4 Å². The number of benzene rings is 2. The SMILES string of the molecule is CCOC(=O)N1CCC(NC(=O)CN(Cc2ccccc2)c2ccccc2)CC1. The van der Waals surface area contributed by atoms with Gasteiger partial charge >= 0.3 is 6.09 Å². The number of carbonyl (C=O) groups excluding carboxylic acids is 2. The highest BCUT2D eigenvalue weighted by Crippen LogP contribution is 2.17. The second-order valence-corrected chi connectivity index (χ2v) is 7.20. The molecule has 0 atom stereocenters. The van der Waals surface area contributed by atoms with E-state index in [1.807, 2.05) is 48.5 Å². The number of amides is 2. The van der Waals surface area contributed by atoms with Crippen molar-refractivity contribution in [3.8, 4) is 0 Å². The molecule has 0 radical (unpaired) electrons. The minimum atomic E-state index is -0.268. The van der Waals surface area contributed by atoms with Gasteiger partial charge in [-0.05, 0) is 37.5 Å². The molecule has 1 aliphatic heterocycles. The van der Waals surface area contributed by atoms with Gasteiger partial charge in [0.1, 0.15) is 0 Å². The Kier molecular flexibility index (Phi) is 7.50. The first kappa shape index (κ1) is 20.7. The van der Waals surface area contributed by atoms with E-state index in [2.05, 4.69) is 22.3 Å². The van der Waals surface area contributed by atoms with E-state index in [1.165, 1.54) is 0 Å². The molecule has 6 nitrogen and oxygen atoms in total. The maximum atomic E-state index is 12.7. The number of rotatable bonds is 7. The molecule has 0 saturated carbocycles. The van der Waals surface area contributed by atoms with Gasteiger partial charge in [-0.15, -0.1) is 0 Å². The van der Waals surface area contributed by atoms with Gasteiger partial charge in [0.25, 0.3) is 0 Å². The number of ether oxygens (including phenoxy) is 1. The molecule has 0 bridgehead atoms. The second kappa shape index (κ2) is 10.5. The highest BCUT2D eigenvalue weighted by molar-refractivity contribution is 5.81. The molecule has 2 amide bonds. The Bertz CT molecular complexity index is 774. The van der Waals surface area contributed by atoms with Gasteiger partial charge in [0.15, 0.2) is 0 Å². The number of para-hydroxylation sites is 1. The lowest BCUT2D eigenvalue weighted by Crippen LogP contribution is -2.48. The molecule has 2 aromatic rings. The van der Waals surface area contributed by atoms with Crippen LogP contribution in [0.4, 0.5) is 10.5 Å². The fourth-order valence-corrected chi connectivity index (χ4v) is 3.55. The summed E-state index contributed by atoms with van der Waals surface area (Å²) in [4.78, 5) is 28.3. The van der Waals surface area contributed by atoms with Gasteiger partial charge in [-0.2, -0.15) is 0 Å². The molecule has 1 heterocycles. The summed E-state index contributed by atoms with van der Waals surface area (Å²) in [5, 5.41) is 3.14. The molecule has 2 aromatic carbocycles. The Balaban J connectivity index is 1.56. The molecule has 0 aromatic heterocycles.